The minimum atomic E-state index is -1.15. The molecule has 4 heteroatoms. The SMILES string of the molecule is C=CCOC(=O)C(C)CS(C)(C)Cl. The highest BCUT2D eigenvalue weighted by atomic mass is 35.7. The Labute approximate surface area is 86.1 Å². The van der Waals surface area contributed by atoms with E-state index in [1.807, 2.05) is 19.4 Å². The van der Waals surface area contributed by atoms with Crippen LogP contribution in [-0.4, -0.2) is 30.8 Å². The summed E-state index contributed by atoms with van der Waals surface area (Å²) in [5, 5.41) is 0. The van der Waals surface area contributed by atoms with Crippen LogP contribution in [0, 0.1) is 5.92 Å². The van der Waals surface area contributed by atoms with E-state index in [4.69, 9.17) is 15.4 Å². The molecule has 0 aliphatic heterocycles. The Morgan fingerprint density at radius 1 is 1.69 bits per heavy atom. The van der Waals surface area contributed by atoms with Crippen LogP contribution in [-0.2, 0) is 9.53 Å². The topological polar surface area (TPSA) is 26.3 Å². The van der Waals surface area contributed by atoms with Gasteiger partial charge >= 0.3 is 5.97 Å². The molecule has 1 atom stereocenters. The number of hydrogen-bond donors (Lipinski definition) is 0. The van der Waals surface area contributed by atoms with Crippen molar-refractivity contribution in [2.24, 2.45) is 5.92 Å². The van der Waals surface area contributed by atoms with E-state index in [1.54, 1.807) is 6.08 Å². The average molecular weight is 225 g/mol. The minimum absolute atomic E-state index is 0.123. The lowest BCUT2D eigenvalue weighted by Crippen LogP contribution is -2.19. The second-order valence-electron chi connectivity index (χ2n) is 3.39. The van der Waals surface area contributed by atoms with Crippen LogP contribution in [0.3, 0.4) is 0 Å². The number of esters is 1. The third-order valence-electron chi connectivity index (χ3n) is 1.39. The first-order chi connectivity index (χ1) is 5.87. The molecule has 0 aromatic rings. The van der Waals surface area contributed by atoms with Gasteiger partial charge in [0.1, 0.15) is 6.61 Å². The molecule has 0 amide bonds. The van der Waals surface area contributed by atoms with Gasteiger partial charge in [0.2, 0.25) is 0 Å². The van der Waals surface area contributed by atoms with Gasteiger partial charge in [-0.1, -0.05) is 30.3 Å². The molecule has 0 saturated heterocycles. The summed E-state index contributed by atoms with van der Waals surface area (Å²) < 4.78 is 4.90. The lowest BCUT2D eigenvalue weighted by Gasteiger charge is -2.24. The summed E-state index contributed by atoms with van der Waals surface area (Å²) in [6.07, 6.45) is 5.49. The van der Waals surface area contributed by atoms with E-state index in [2.05, 4.69) is 6.58 Å². The van der Waals surface area contributed by atoms with Gasteiger partial charge in [0.15, 0.2) is 0 Å². The molecule has 0 saturated carbocycles. The highest BCUT2D eigenvalue weighted by molar-refractivity contribution is 8.50. The molecule has 0 radical (unpaired) electrons. The maximum absolute atomic E-state index is 11.3. The molecule has 0 N–H and O–H groups in total. The molecule has 78 valence electrons. The van der Waals surface area contributed by atoms with E-state index in [1.165, 1.54) is 0 Å². The number of rotatable bonds is 5. The monoisotopic (exact) mass is 224 g/mol. The van der Waals surface area contributed by atoms with Crippen molar-refractivity contribution in [2.75, 3.05) is 24.9 Å². The smallest absolute Gasteiger partial charge is 0.309 e. The van der Waals surface area contributed by atoms with Crippen molar-refractivity contribution in [2.45, 2.75) is 6.92 Å². The van der Waals surface area contributed by atoms with Crippen LogP contribution in [0.4, 0.5) is 0 Å². The largest absolute Gasteiger partial charge is 0.461 e. The van der Waals surface area contributed by atoms with E-state index >= 15 is 0 Å². The zero-order chi connectivity index (χ0) is 10.5. The molecular formula is C9H17ClO2S. The molecule has 0 aromatic heterocycles. The molecule has 0 aliphatic rings. The molecule has 0 aliphatic carbocycles. The average Bonchev–Trinajstić information content (AvgIpc) is 1.96. The van der Waals surface area contributed by atoms with Crippen molar-refractivity contribution in [3.63, 3.8) is 0 Å². The molecule has 1 unspecified atom stereocenters. The number of carbonyl (C=O) groups is 1. The Morgan fingerprint density at radius 2 is 2.23 bits per heavy atom. The van der Waals surface area contributed by atoms with Gasteiger partial charge < -0.3 is 4.74 Å². The Bertz CT molecular complexity index is 187. The van der Waals surface area contributed by atoms with Crippen LogP contribution in [0.15, 0.2) is 12.7 Å². The van der Waals surface area contributed by atoms with Gasteiger partial charge in [-0.25, -0.2) is 0 Å². The van der Waals surface area contributed by atoms with Crippen LogP contribution in [0.1, 0.15) is 6.92 Å². The van der Waals surface area contributed by atoms with Crippen LogP contribution >= 0.6 is 19.9 Å². The van der Waals surface area contributed by atoms with Gasteiger partial charge in [0.05, 0.1) is 5.92 Å². The first-order valence-corrected chi connectivity index (χ1v) is 7.49. The van der Waals surface area contributed by atoms with Gasteiger partial charge in [-0.05, 0) is 12.5 Å². The number of ether oxygens (including phenoxy) is 1. The standard InChI is InChI=1S/C9H17ClO2S/c1-5-6-12-9(11)8(2)7-13(3,4)10/h5,8H,1,6-7H2,2-4H3. The summed E-state index contributed by atoms with van der Waals surface area (Å²) >= 11 is 0. The Balaban J connectivity index is 3.89. The van der Waals surface area contributed by atoms with Gasteiger partial charge in [0.25, 0.3) is 0 Å². The molecule has 0 rings (SSSR count). The zero-order valence-corrected chi connectivity index (χ0v) is 9.95. The maximum Gasteiger partial charge on any atom is 0.309 e. The van der Waals surface area contributed by atoms with E-state index < -0.39 is 9.24 Å². The van der Waals surface area contributed by atoms with Crippen LogP contribution in [0.5, 0.6) is 0 Å². The lowest BCUT2D eigenvalue weighted by molar-refractivity contribution is -0.145. The number of halogens is 1. The Hall–Kier alpha value is -0.150. The fourth-order valence-electron chi connectivity index (χ4n) is 0.946. The second-order valence-corrected chi connectivity index (χ2v) is 9.04. The number of carbonyl (C=O) groups excluding carboxylic acids is 1. The van der Waals surface area contributed by atoms with Crippen molar-refractivity contribution in [3.8, 4) is 0 Å². The molecule has 0 heterocycles. The van der Waals surface area contributed by atoms with E-state index in [9.17, 15) is 4.79 Å². The predicted octanol–water partition coefficient (Wildman–Crippen LogP) is 2.57. The lowest BCUT2D eigenvalue weighted by atomic mass is 10.2. The molecular weight excluding hydrogens is 208 g/mol. The summed E-state index contributed by atoms with van der Waals surface area (Å²) in [5.41, 5.74) is 0. The van der Waals surface area contributed by atoms with Crippen molar-refractivity contribution >= 4 is 25.9 Å². The fraction of sp³-hybridized carbons (Fsp3) is 0.667. The van der Waals surface area contributed by atoms with Crippen LogP contribution < -0.4 is 0 Å². The van der Waals surface area contributed by atoms with Crippen LogP contribution in [0.25, 0.3) is 0 Å². The van der Waals surface area contributed by atoms with E-state index in [0.29, 0.717) is 5.75 Å². The van der Waals surface area contributed by atoms with Gasteiger partial charge in [-0.3, -0.25) is 4.79 Å². The molecule has 0 fully saturated rings. The van der Waals surface area contributed by atoms with Crippen molar-refractivity contribution in [1.82, 2.24) is 0 Å². The Morgan fingerprint density at radius 3 is 2.62 bits per heavy atom. The van der Waals surface area contributed by atoms with Gasteiger partial charge in [-0.2, -0.15) is 9.24 Å². The van der Waals surface area contributed by atoms with Crippen molar-refractivity contribution < 1.29 is 9.53 Å². The summed E-state index contributed by atoms with van der Waals surface area (Å²) in [4.78, 5) is 11.3. The molecule has 0 aromatic carbocycles. The first-order valence-electron chi connectivity index (χ1n) is 4.05. The predicted molar refractivity (Wildman–Crippen MR) is 60.5 cm³/mol. The van der Waals surface area contributed by atoms with Crippen molar-refractivity contribution in [3.05, 3.63) is 12.7 Å². The summed E-state index contributed by atoms with van der Waals surface area (Å²) in [7, 11) is 4.91. The third kappa shape index (κ3) is 6.96. The van der Waals surface area contributed by atoms with Gasteiger partial charge in [-0.15, -0.1) is 0 Å². The normalized spacial score (nSPS) is 14.8. The molecule has 0 spiro atoms. The summed E-state index contributed by atoms with van der Waals surface area (Å²) in [5.74, 6) is 0.383. The van der Waals surface area contributed by atoms with E-state index in [0.717, 1.165) is 0 Å². The summed E-state index contributed by atoms with van der Waals surface area (Å²) in [6, 6.07) is 0. The molecule has 13 heavy (non-hydrogen) atoms. The van der Waals surface area contributed by atoms with Crippen LogP contribution in [0.2, 0.25) is 0 Å². The quantitative estimate of drug-likeness (QED) is 0.530. The third-order valence-corrected chi connectivity index (χ3v) is 3.06. The zero-order valence-electron chi connectivity index (χ0n) is 8.38. The summed E-state index contributed by atoms with van der Waals surface area (Å²) in [6.45, 7) is 5.58. The first kappa shape index (κ1) is 12.8. The van der Waals surface area contributed by atoms with E-state index in [-0.39, 0.29) is 18.5 Å². The molecule has 0 bridgehead atoms. The highest BCUT2D eigenvalue weighted by Crippen LogP contribution is 2.46. The second kappa shape index (κ2) is 5.55. The van der Waals surface area contributed by atoms with Gasteiger partial charge in [0, 0.05) is 5.75 Å². The number of hydrogen-bond acceptors (Lipinski definition) is 2. The molecule has 2 nitrogen and oxygen atoms in total. The Kier molecular flexibility index (Phi) is 5.49. The maximum atomic E-state index is 11.3. The fourth-order valence-corrected chi connectivity index (χ4v) is 2.84. The van der Waals surface area contributed by atoms with Crippen molar-refractivity contribution in [1.29, 1.82) is 0 Å². The highest BCUT2D eigenvalue weighted by Gasteiger charge is 2.20. The minimum Gasteiger partial charge on any atom is -0.461 e.